The van der Waals surface area contributed by atoms with Gasteiger partial charge in [-0.25, -0.2) is 0 Å². The molecule has 0 aliphatic rings. The van der Waals surface area contributed by atoms with E-state index in [1.165, 1.54) is 0 Å². The van der Waals surface area contributed by atoms with Crippen molar-refractivity contribution < 1.29 is 20.1 Å². The average molecular weight is 232 g/mol. The zero-order valence-corrected chi connectivity index (χ0v) is 10.4. The highest BCUT2D eigenvalue weighted by Gasteiger charge is 2.19. The van der Waals surface area contributed by atoms with Crippen LogP contribution in [0.1, 0.15) is 52.9 Å². The summed E-state index contributed by atoms with van der Waals surface area (Å²) in [5.74, 6) is -0.845. The smallest absolute Gasteiger partial charge is 0.303 e. The maximum absolute atomic E-state index is 10.3. The van der Waals surface area contributed by atoms with E-state index in [9.17, 15) is 15.0 Å². The number of hydrogen-bond donors (Lipinski definition) is 3. The minimum Gasteiger partial charge on any atom is -0.481 e. The van der Waals surface area contributed by atoms with Crippen LogP contribution in [-0.2, 0) is 4.79 Å². The average Bonchev–Trinajstić information content (AvgIpc) is 1.98. The Morgan fingerprint density at radius 2 is 1.75 bits per heavy atom. The zero-order chi connectivity index (χ0) is 12.8. The summed E-state index contributed by atoms with van der Waals surface area (Å²) in [7, 11) is 0. The maximum atomic E-state index is 10.3. The summed E-state index contributed by atoms with van der Waals surface area (Å²) < 4.78 is 0. The van der Waals surface area contributed by atoms with Crippen LogP contribution in [0.25, 0.3) is 0 Å². The Morgan fingerprint density at radius 3 is 2.19 bits per heavy atom. The molecule has 0 fully saturated rings. The number of aliphatic carboxylic acids is 1. The third kappa shape index (κ3) is 9.93. The van der Waals surface area contributed by atoms with Crippen LogP contribution in [-0.4, -0.2) is 33.5 Å². The van der Waals surface area contributed by atoms with E-state index >= 15 is 0 Å². The fourth-order valence-electron chi connectivity index (χ4n) is 1.71. The molecule has 0 amide bonds. The zero-order valence-electron chi connectivity index (χ0n) is 10.4. The Morgan fingerprint density at radius 1 is 1.19 bits per heavy atom. The van der Waals surface area contributed by atoms with Gasteiger partial charge in [0.05, 0.1) is 12.2 Å². The second-order valence-electron chi connectivity index (χ2n) is 5.59. The largest absolute Gasteiger partial charge is 0.481 e. The van der Waals surface area contributed by atoms with E-state index in [0.717, 1.165) is 0 Å². The van der Waals surface area contributed by atoms with Crippen LogP contribution in [0.3, 0.4) is 0 Å². The van der Waals surface area contributed by atoms with Gasteiger partial charge in [-0.1, -0.05) is 20.8 Å². The predicted molar refractivity (Wildman–Crippen MR) is 62.2 cm³/mol. The monoisotopic (exact) mass is 232 g/mol. The second kappa shape index (κ2) is 6.86. The van der Waals surface area contributed by atoms with Gasteiger partial charge in [0.2, 0.25) is 0 Å². The van der Waals surface area contributed by atoms with Crippen molar-refractivity contribution in [3.8, 4) is 0 Å². The lowest BCUT2D eigenvalue weighted by Gasteiger charge is -2.23. The van der Waals surface area contributed by atoms with Gasteiger partial charge in [-0.2, -0.15) is 0 Å². The molecule has 96 valence electrons. The lowest BCUT2D eigenvalue weighted by Crippen LogP contribution is -2.23. The fraction of sp³-hybridized carbons (Fsp3) is 0.917. The molecule has 0 aromatic rings. The molecule has 3 N–H and O–H groups in total. The first-order valence-corrected chi connectivity index (χ1v) is 5.78. The molecule has 0 saturated carbocycles. The molecule has 0 radical (unpaired) electrons. The van der Waals surface area contributed by atoms with Gasteiger partial charge in [0.25, 0.3) is 0 Å². The normalized spacial score (nSPS) is 15.8. The first-order chi connectivity index (χ1) is 7.20. The summed E-state index contributed by atoms with van der Waals surface area (Å²) in [5.41, 5.74) is 0.0419. The minimum absolute atomic E-state index is 0.0419. The summed E-state index contributed by atoms with van der Waals surface area (Å²) in [6, 6.07) is 0. The van der Waals surface area contributed by atoms with Crippen LogP contribution in [0.5, 0.6) is 0 Å². The van der Waals surface area contributed by atoms with Crippen molar-refractivity contribution in [1.29, 1.82) is 0 Å². The lowest BCUT2D eigenvalue weighted by molar-refractivity contribution is -0.137. The highest BCUT2D eigenvalue weighted by molar-refractivity contribution is 5.66. The standard InChI is InChI=1S/C12H24O4/c1-12(2,3)8-10(14)7-9(13)5-4-6-11(15)16/h9-10,13-14H,4-8H2,1-3H3,(H,15,16). The van der Waals surface area contributed by atoms with Gasteiger partial charge in [0, 0.05) is 6.42 Å². The Hall–Kier alpha value is -0.610. The number of hydrogen-bond acceptors (Lipinski definition) is 3. The number of aliphatic hydroxyl groups is 2. The summed E-state index contributed by atoms with van der Waals surface area (Å²) >= 11 is 0. The first-order valence-electron chi connectivity index (χ1n) is 5.78. The summed E-state index contributed by atoms with van der Waals surface area (Å²) in [5, 5.41) is 27.7. The Balaban J connectivity index is 3.70. The van der Waals surface area contributed by atoms with Crippen molar-refractivity contribution in [2.75, 3.05) is 0 Å². The molecular weight excluding hydrogens is 208 g/mol. The number of carboxylic acid groups (broad SMARTS) is 1. The molecule has 0 saturated heterocycles. The third-order valence-corrected chi connectivity index (χ3v) is 2.32. The topological polar surface area (TPSA) is 77.8 Å². The van der Waals surface area contributed by atoms with Gasteiger partial charge in [0.1, 0.15) is 0 Å². The highest BCUT2D eigenvalue weighted by atomic mass is 16.4. The molecule has 0 aliphatic carbocycles. The molecular formula is C12H24O4. The molecule has 0 spiro atoms. The van der Waals surface area contributed by atoms with E-state index < -0.39 is 18.2 Å². The van der Waals surface area contributed by atoms with E-state index in [1.807, 2.05) is 20.8 Å². The van der Waals surface area contributed by atoms with Gasteiger partial charge < -0.3 is 15.3 Å². The van der Waals surface area contributed by atoms with E-state index in [0.29, 0.717) is 25.7 Å². The molecule has 0 aromatic heterocycles. The van der Waals surface area contributed by atoms with Crippen molar-refractivity contribution in [1.82, 2.24) is 0 Å². The Labute approximate surface area is 97.3 Å². The third-order valence-electron chi connectivity index (χ3n) is 2.32. The van der Waals surface area contributed by atoms with E-state index in [4.69, 9.17) is 5.11 Å². The number of carbonyl (C=O) groups is 1. The summed E-state index contributed by atoms with van der Waals surface area (Å²) in [4.78, 5) is 10.3. The number of carboxylic acids is 1. The van der Waals surface area contributed by atoms with Crippen molar-refractivity contribution in [3.63, 3.8) is 0 Å². The maximum Gasteiger partial charge on any atom is 0.303 e. The van der Waals surface area contributed by atoms with Gasteiger partial charge in [-0.05, 0) is 31.1 Å². The first kappa shape index (κ1) is 15.4. The van der Waals surface area contributed by atoms with Gasteiger partial charge in [0.15, 0.2) is 0 Å². The molecule has 0 bridgehead atoms. The SMILES string of the molecule is CC(C)(C)CC(O)CC(O)CCCC(=O)O. The van der Waals surface area contributed by atoms with E-state index in [-0.39, 0.29) is 11.8 Å². The van der Waals surface area contributed by atoms with Crippen molar-refractivity contribution in [2.24, 2.45) is 5.41 Å². The highest BCUT2D eigenvalue weighted by Crippen LogP contribution is 2.23. The molecule has 0 heterocycles. The minimum atomic E-state index is -0.845. The fourth-order valence-corrected chi connectivity index (χ4v) is 1.71. The summed E-state index contributed by atoms with van der Waals surface area (Å²) in [6.45, 7) is 6.10. The Kier molecular flexibility index (Phi) is 6.60. The number of rotatable bonds is 7. The van der Waals surface area contributed by atoms with Crippen LogP contribution < -0.4 is 0 Å². The van der Waals surface area contributed by atoms with Crippen molar-refractivity contribution in [2.45, 2.75) is 65.1 Å². The van der Waals surface area contributed by atoms with Crippen molar-refractivity contribution in [3.05, 3.63) is 0 Å². The molecule has 0 aromatic carbocycles. The molecule has 4 nitrogen and oxygen atoms in total. The van der Waals surface area contributed by atoms with Gasteiger partial charge in [-0.3, -0.25) is 4.79 Å². The lowest BCUT2D eigenvalue weighted by atomic mass is 9.87. The summed E-state index contributed by atoms with van der Waals surface area (Å²) in [6.07, 6.45) is 0.829. The molecule has 0 rings (SSSR count). The van der Waals surface area contributed by atoms with E-state index in [1.54, 1.807) is 0 Å². The predicted octanol–water partition coefficient (Wildman–Crippen LogP) is 1.79. The second-order valence-corrected chi connectivity index (χ2v) is 5.59. The quantitative estimate of drug-likeness (QED) is 0.625. The van der Waals surface area contributed by atoms with Crippen LogP contribution in [0, 0.1) is 5.41 Å². The molecule has 0 aliphatic heterocycles. The number of aliphatic hydroxyl groups excluding tert-OH is 2. The molecule has 2 unspecified atom stereocenters. The Bertz CT molecular complexity index is 208. The van der Waals surface area contributed by atoms with Crippen LogP contribution in [0.15, 0.2) is 0 Å². The molecule has 2 atom stereocenters. The van der Waals surface area contributed by atoms with Crippen LogP contribution >= 0.6 is 0 Å². The van der Waals surface area contributed by atoms with Crippen molar-refractivity contribution >= 4 is 5.97 Å². The molecule has 16 heavy (non-hydrogen) atoms. The van der Waals surface area contributed by atoms with Gasteiger partial charge in [-0.15, -0.1) is 0 Å². The molecule has 4 heteroatoms. The van der Waals surface area contributed by atoms with Crippen LogP contribution in [0.2, 0.25) is 0 Å². The van der Waals surface area contributed by atoms with Gasteiger partial charge >= 0.3 is 5.97 Å². The van der Waals surface area contributed by atoms with E-state index in [2.05, 4.69) is 0 Å². The van der Waals surface area contributed by atoms with Crippen LogP contribution in [0.4, 0.5) is 0 Å².